The summed E-state index contributed by atoms with van der Waals surface area (Å²) in [5, 5.41) is 8.69. The number of anilines is 1. The van der Waals surface area contributed by atoms with Crippen LogP contribution in [0.4, 0.5) is 5.69 Å². The summed E-state index contributed by atoms with van der Waals surface area (Å²) in [6.45, 7) is 10.4. The highest BCUT2D eigenvalue weighted by molar-refractivity contribution is 6.39. The Bertz CT molecular complexity index is 1090. The fourth-order valence-corrected chi connectivity index (χ4v) is 10.6. The lowest BCUT2D eigenvalue weighted by atomic mass is 9.39. The molecule has 7 atom stereocenters. The molecule has 6 heteroatoms. The Labute approximate surface area is 219 Å². The number of nitrogens with zero attached hydrogens (tertiary/aromatic N) is 2. The van der Waals surface area contributed by atoms with Gasteiger partial charge in [0.2, 0.25) is 0 Å². The molecule has 35 heavy (non-hydrogen) atoms. The second-order valence-electron chi connectivity index (χ2n) is 12.8. The summed E-state index contributed by atoms with van der Waals surface area (Å²) in [6.07, 6.45) is 9.22. The van der Waals surface area contributed by atoms with Crippen molar-refractivity contribution >= 4 is 40.6 Å². The van der Waals surface area contributed by atoms with Gasteiger partial charge < -0.3 is 4.74 Å². The van der Waals surface area contributed by atoms with Crippen LogP contribution in [0.15, 0.2) is 23.3 Å². The van der Waals surface area contributed by atoms with Crippen molar-refractivity contribution in [3.05, 3.63) is 28.2 Å². The molecule has 0 saturated heterocycles. The molecule has 1 heterocycles. The summed E-state index contributed by atoms with van der Waals surface area (Å²) in [5.74, 6) is 1.46. The van der Waals surface area contributed by atoms with E-state index in [0.29, 0.717) is 34.4 Å². The minimum absolute atomic E-state index is 0.0293. The molecule has 1 aromatic rings. The van der Waals surface area contributed by atoms with Crippen LogP contribution in [-0.2, 0) is 9.53 Å². The van der Waals surface area contributed by atoms with Gasteiger partial charge in [-0.05, 0) is 93.6 Å². The van der Waals surface area contributed by atoms with Gasteiger partial charge in [0, 0.05) is 17.0 Å². The van der Waals surface area contributed by atoms with Crippen LogP contribution in [0.5, 0.6) is 0 Å². The zero-order valence-corrected chi connectivity index (χ0v) is 23.0. The molecule has 0 unspecified atom stereocenters. The predicted octanol–water partition coefficient (Wildman–Crippen LogP) is 7.76. The Kier molecular flexibility index (Phi) is 5.42. The molecule has 0 amide bonds. The van der Waals surface area contributed by atoms with Gasteiger partial charge in [-0.3, -0.25) is 9.80 Å². The highest BCUT2D eigenvalue weighted by atomic mass is 35.5. The number of fused-ring (bicyclic) bond motifs is 5. The fourth-order valence-electron chi connectivity index (χ4n) is 10.0. The molecule has 0 radical (unpaired) electrons. The minimum Gasteiger partial charge on any atom is -0.466 e. The summed E-state index contributed by atoms with van der Waals surface area (Å²) in [6, 6.07) is 5.71. The molecule has 0 N–H and O–H groups in total. The van der Waals surface area contributed by atoms with Crippen LogP contribution in [0.3, 0.4) is 0 Å². The molecule has 0 aromatic heterocycles. The number of hydrogen-bond acceptors (Lipinski definition) is 4. The van der Waals surface area contributed by atoms with E-state index >= 15 is 0 Å². The van der Waals surface area contributed by atoms with Gasteiger partial charge in [0.1, 0.15) is 0 Å². The number of carbonyl (C=O) groups excluding carboxylic acids is 1. The summed E-state index contributed by atoms with van der Waals surface area (Å²) < 4.78 is 5.66. The Hall–Kier alpha value is -1.26. The number of rotatable bonds is 3. The van der Waals surface area contributed by atoms with Crippen molar-refractivity contribution in [2.24, 2.45) is 44.5 Å². The van der Waals surface area contributed by atoms with E-state index in [1.165, 1.54) is 37.8 Å². The third-order valence-electron chi connectivity index (χ3n) is 11.2. The van der Waals surface area contributed by atoms with E-state index < -0.39 is 0 Å². The molecule has 1 aromatic carbocycles. The number of para-hydroxylation sites is 1. The number of hydrazone groups is 1. The molecular formula is C29H38Cl2N2O2. The zero-order chi connectivity index (χ0) is 24.8. The number of hydrogen-bond donors (Lipinski definition) is 0. The van der Waals surface area contributed by atoms with Gasteiger partial charge in [-0.2, -0.15) is 5.10 Å². The van der Waals surface area contributed by atoms with Crippen molar-refractivity contribution in [1.82, 2.24) is 0 Å². The molecule has 1 aliphatic heterocycles. The second-order valence-corrected chi connectivity index (χ2v) is 13.7. The maximum Gasteiger partial charge on any atom is 0.312 e. The first kappa shape index (κ1) is 24.1. The third kappa shape index (κ3) is 3.11. The normalized spacial score (nSPS) is 43.8. The molecule has 190 valence electrons. The van der Waals surface area contributed by atoms with Gasteiger partial charge in [-0.15, -0.1) is 0 Å². The van der Waals surface area contributed by atoms with Gasteiger partial charge in [-0.25, -0.2) is 0 Å². The molecule has 1 spiro atoms. The first-order valence-electron chi connectivity index (χ1n) is 13.6. The van der Waals surface area contributed by atoms with Gasteiger partial charge >= 0.3 is 5.97 Å². The van der Waals surface area contributed by atoms with Crippen molar-refractivity contribution in [3.63, 3.8) is 0 Å². The number of halogens is 2. The van der Waals surface area contributed by atoms with Gasteiger partial charge in [0.25, 0.3) is 0 Å². The minimum atomic E-state index is -0.367. The Morgan fingerprint density at radius 2 is 1.80 bits per heavy atom. The van der Waals surface area contributed by atoms with Gasteiger partial charge in [0.05, 0.1) is 34.3 Å². The molecule has 5 aliphatic rings. The molecular weight excluding hydrogens is 479 g/mol. The van der Waals surface area contributed by atoms with Crippen molar-refractivity contribution in [2.45, 2.75) is 79.1 Å². The number of ether oxygens (including phenoxy) is 1. The van der Waals surface area contributed by atoms with Gasteiger partial charge in [-0.1, -0.05) is 49.5 Å². The Morgan fingerprint density at radius 1 is 1.09 bits per heavy atom. The summed E-state index contributed by atoms with van der Waals surface area (Å²) in [5.41, 5.74) is 2.40. The van der Waals surface area contributed by atoms with E-state index in [1.807, 2.05) is 25.1 Å². The molecule has 2 bridgehead atoms. The summed E-state index contributed by atoms with van der Waals surface area (Å²) in [4.78, 5) is 13.3. The Balaban J connectivity index is 1.39. The van der Waals surface area contributed by atoms with Crippen LogP contribution in [0.1, 0.15) is 79.1 Å². The molecule has 4 fully saturated rings. The lowest BCUT2D eigenvalue weighted by molar-refractivity contribution is -0.191. The van der Waals surface area contributed by atoms with Crippen LogP contribution in [0.2, 0.25) is 10.0 Å². The van der Waals surface area contributed by atoms with Crippen molar-refractivity contribution in [2.75, 3.05) is 18.2 Å². The standard InChI is InChI=1S/C29H38Cl2N2O2/c1-5-35-25(34)28(4)13-7-12-27(3)21(28)11-15-29-17-26(2,14-10-22(27)29)24-18(29)16-33(32-24)23-19(30)8-6-9-20(23)31/h6,8-9,18,21-22H,5,7,10-17H2,1-4H3/t18-,21+,22+,26+,27-,28-,29-/m1/s1. The number of carbonyl (C=O) groups is 1. The fraction of sp³-hybridized carbons (Fsp3) is 0.724. The summed E-state index contributed by atoms with van der Waals surface area (Å²) in [7, 11) is 0. The van der Waals surface area contributed by atoms with Crippen LogP contribution < -0.4 is 5.01 Å². The number of benzene rings is 1. The van der Waals surface area contributed by atoms with E-state index in [1.54, 1.807) is 0 Å². The van der Waals surface area contributed by atoms with Crippen LogP contribution in [0, 0.1) is 39.4 Å². The van der Waals surface area contributed by atoms with Crippen LogP contribution >= 0.6 is 23.2 Å². The van der Waals surface area contributed by atoms with Crippen LogP contribution in [0.25, 0.3) is 0 Å². The topological polar surface area (TPSA) is 41.9 Å². The summed E-state index contributed by atoms with van der Waals surface area (Å²) >= 11 is 13.2. The largest absolute Gasteiger partial charge is 0.466 e. The Morgan fingerprint density at radius 3 is 2.51 bits per heavy atom. The van der Waals surface area contributed by atoms with E-state index in [9.17, 15) is 4.79 Å². The first-order chi connectivity index (χ1) is 16.6. The maximum atomic E-state index is 13.3. The second kappa shape index (κ2) is 7.87. The predicted molar refractivity (Wildman–Crippen MR) is 142 cm³/mol. The zero-order valence-electron chi connectivity index (χ0n) is 21.5. The van der Waals surface area contributed by atoms with E-state index in [2.05, 4.69) is 25.8 Å². The van der Waals surface area contributed by atoms with Gasteiger partial charge in [0.15, 0.2) is 0 Å². The van der Waals surface area contributed by atoms with Crippen molar-refractivity contribution in [1.29, 1.82) is 0 Å². The van der Waals surface area contributed by atoms with E-state index in [-0.39, 0.29) is 27.6 Å². The molecule has 4 aliphatic carbocycles. The highest BCUT2D eigenvalue weighted by Crippen LogP contribution is 2.75. The monoisotopic (exact) mass is 516 g/mol. The number of esters is 1. The SMILES string of the molecule is CCOC(=O)[C@]1(C)CCC[C@@]2(C)[C@@H]3CC[C@@]4(C)C[C@]3(CC[C@@H]21)[C@@H]1CN(c2c(Cl)cccc2Cl)N=C14. The lowest BCUT2D eigenvalue weighted by Crippen LogP contribution is -2.60. The molecule has 4 nitrogen and oxygen atoms in total. The average Bonchev–Trinajstić information content (AvgIpc) is 3.31. The highest BCUT2D eigenvalue weighted by Gasteiger charge is 2.71. The first-order valence-corrected chi connectivity index (χ1v) is 14.3. The van der Waals surface area contributed by atoms with E-state index in [4.69, 9.17) is 33.0 Å². The van der Waals surface area contributed by atoms with Crippen molar-refractivity contribution < 1.29 is 9.53 Å². The average molecular weight is 518 g/mol. The van der Waals surface area contributed by atoms with Crippen molar-refractivity contribution in [3.8, 4) is 0 Å². The third-order valence-corrected chi connectivity index (χ3v) is 11.8. The quantitative estimate of drug-likeness (QED) is 0.385. The molecule has 4 saturated carbocycles. The van der Waals surface area contributed by atoms with E-state index in [0.717, 1.165) is 31.5 Å². The van der Waals surface area contributed by atoms with Crippen LogP contribution in [-0.4, -0.2) is 24.8 Å². The maximum absolute atomic E-state index is 13.3. The smallest absolute Gasteiger partial charge is 0.312 e. The molecule has 6 rings (SSSR count). The lowest BCUT2D eigenvalue weighted by Gasteiger charge is -2.64.